The van der Waals surface area contributed by atoms with E-state index in [0.717, 1.165) is 50.4 Å². The smallest absolute Gasteiger partial charge is 0.253 e. The van der Waals surface area contributed by atoms with Gasteiger partial charge in [-0.15, -0.1) is 0 Å². The van der Waals surface area contributed by atoms with Crippen molar-refractivity contribution < 1.29 is 4.79 Å². The molecule has 0 N–H and O–H groups in total. The monoisotopic (exact) mass is 366 g/mol. The topological polar surface area (TPSA) is 41.4 Å². The lowest BCUT2D eigenvalue weighted by Crippen LogP contribution is -2.48. The third kappa shape index (κ3) is 4.03. The Balaban J connectivity index is 1.36. The number of carbonyl (C=O) groups is 1. The lowest BCUT2D eigenvalue weighted by molar-refractivity contribution is 0.0628. The molecule has 2 aromatic heterocycles. The number of hydrogen-bond donors (Lipinski definition) is 0. The van der Waals surface area contributed by atoms with E-state index in [4.69, 9.17) is 0 Å². The summed E-state index contributed by atoms with van der Waals surface area (Å²) in [6, 6.07) is 10.1. The van der Waals surface area contributed by atoms with Crippen molar-refractivity contribution in [2.45, 2.75) is 13.1 Å². The number of rotatable bonds is 5. The van der Waals surface area contributed by atoms with Crippen LogP contribution in [0.15, 0.2) is 59.8 Å². The van der Waals surface area contributed by atoms with Gasteiger partial charge < -0.3 is 9.47 Å². The van der Waals surface area contributed by atoms with Crippen molar-refractivity contribution >= 4 is 17.2 Å². The van der Waals surface area contributed by atoms with Crippen molar-refractivity contribution in [1.82, 2.24) is 19.4 Å². The van der Waals surface area contributed by atoms with Crippen LogP contribution in [0.25, 0.3) is 0 Å². The Morgan fingerprint density at radius 2 is 1.96 bits per heavy atom. The summed E-state index contributed by atoms with van der Waals surface area (Å²) in [5.41, 5.74) is 3.25. The maximum atomic E-state index is 12.9. The molecule has 26 heavy (non-hydrogen) atoms. The van der Waals surface area contributed by atoms with Crippen LogP contribution in [0.5, 0.6) is 0 Å². The fourth-order valence-corrected chi connectivity index (χ4v) is 3.99. The molecule has 0 bridgehead atoms. The molecule has 1 fully saturated rings. The number of benzene rings is 1. The molecule has 1 amide bonds. The molecule has 3 heterocycles. The van der Waals surface area contributed by atoms with Crippen LogP contribution in [-0.4, -0.2) is 51.4 Å². The van der Waals surface area contributed by atoms with Crippen LogP contribution in [0.1, 0.15) is 21.5 Å². The molecule has 4 rings (SSSR count). The van der Waals surface area contributed by atoms with Crippen molar-refractivity contribution in [1.29, 1.82) is 0 Å². The van der Waals surface area contributed by atoms with Gasteiger partial charge in [0.1, 0.15) is 0 Å². The van der Waals surface area contributed by atoms with Crippen molar-refractivity contribution in [3.63, 3.8) is 0 Å². The molecule has 0 atom stereocenters. The minimum absolute atomic E-state index is 0.132. The molecular formula is C20H22N4OS. The average molecular weight is 366 g/mol. The molecule has 1 saturated heterocycles. The first-order chi connectivity index (χ1) is 12.8. The van der Waals surface area contributed by atoms with E-state index in [1.165, 1.54) is 5.56 Å². The Morgan fingerprint density at radius 3 is 2.69 bits per heavy atom. The van der Waals surface area contributed by atoms with E-state index in [1.807, 2.05) is 33.9 Å². The number of aromatic nitrogens is 2. The number of amides is 1. The SMILES string of the molecule is O=C(c1cccc(Cn2ccnc2)c1)N1CCN(Cc2ccsc2)CC1. The number of nitrogens with zero attached hydrogens (tertiary/aromatic N) is 4. The molecule has 1 aliphatic heterocycles. The Labute approximate surface area is 157 Å². The number of piperazine rings is 1. The molecule has 6 heteroatoms. The highest BCUT2D eigenvalue weighted by atomic mass is 32.1. The Bertz CT molecular complexity index is 837. The molecule has 0 unspecified atom stereocenters. The summed E-state index contributed by atoms with van der Waals surface area (Å²) in [5.74, 6) is 0.132. The number of hydrogen-bond acceptors (Lipinski definition) is 4. The van der Waals surface area contributed by atoms with Crippen molar-refractivity contribution in [3.8, 4) is 0 Å². The maximum absolute atomic E-state index is 12.9. The molecule has 0 aliphatic carbocycles. The zero-order valence-corrected chi connectivity index (χ0v) is 15.4. The van der Waals surface area contributed by atoms with Crippen LogP contribution in [0.4, 0.5) is 0 Å². The van der Waals surface area contributed by atoms with E-state index >= 15 is 0 Å². The highest BCUT2D eigenvalue weighted by molar-refractivity contribution is 7.07. The number of imidazole rings is 1. The van der Waals surface area contributed by atoms with E-state index < -0.39 is 0 Å². The van der Waals surface area contributed by atoms with Gasteiger partial charge in [-0.3, -0.25) is 9.69 Å². The first-order valence-corrected chi connectivity index (χ1v) is 9.79. The van der Waals surface area contributed by atoms with Gasteiger partial charge >= 0.3 is 0 Å². The van der Waals surface area contributed by atoms with Crippen LogP contribution >= 0.6 is 11.3 Å². The summed E-state index contributed by atoms with van der Waals surface area (Å²) in [6.45, 7) is 5.14. The van der Waals surface area contributed by atoms with Gasteiger partial charge in [-0.05, 0) is 40.1 Å². The second-order valence-corrected chi connectivity index (χ2v) is 7.42. The number of carbonyl (C=O) groups excluding carboxylic acids is 1. The molecule has 0 spiro atoms. The summed E-state index contributed by atoms with van der Waals surface area (Å²) >= 11 is 1.74. The van der Waals surface area contributed by atoms with Gasteiger partial charge in [0.2, 0.25) is 0 Å². The standard InChI is InChI=1S/C20H22N4OS/c25-20(19-3-1-2-17(12-19)13-23-6-5-21-16-23)24-9-7-22(8-10-24)14-18-4-11-26-15-18/h1-6,11-12,15-16H,7-10,13-14H2. The molecule has 5 nitrogen and oxygen atoms in total. The normalized spacial score (nSPS) is 15.3. The third-order valence-electron chi connectivity index (χ3n) is 4.74. The quantitative estimate of drug-likeness (QED) is 0.697. The minimum atomic E-state index is 0.132. The zero-order chi connectivity index (χ0) is 17.8. The van der Waals surface area contributed by atoms with Gasteiger partial charge in [0.25, 0.3) is 5.91 Å². The molecule has 134 valence electrons. The van der Waals surface area contributed by atoms with Crippen LogP contribution in [0.2, 0.25) is 0 Å². The number of thiophene rings is 1. The molecule has 0 radical (unpaired) electrons. The summed E-state index contributed by atoms with van der Waals surface area (Å²) in [5, 5.41) is 4.31. The van der Waals surface area contributed by atoms with Gasteiger partial charge in [-0.25, -0.2) is 4.98 Å². The molecule has 3 aromatic rings. The third-order valence-corrected chi connectivity index (χ3v) is 5.48. The van der Waals surface area contributed by atoms with E-state index in [2.05, 4.69) is 32.8 Å². The average Bonchev–Trinajstić information content (AvgIpc) is 3.36. The van der Waals surface area contributed by atoms with Crippen molar-refractivity contribution in [2.24, 2.45) is 0 Å². The summed E-state index contributed by atoms with van der Waals surface area (Å²) in [7, 11) is 0. The lowest BCUT2D eigenvalue weighted by Gasteiger charge is -2.34. The molecule has 0 saturated carbocycles. The second kappa shape index (κ2) is 7.85. The fraction of sp³-hybridized carbons (Fsp3) is 0.300. The van der Waals surface area contributed by atoms with Gasteiger partial charge in [-0.1, -0.05) is 12.1 Å². The summed E-state index contributed by atoms with van der Waals surface area (Å²) < 4.78 is 2.01. The predicted octanol–water partition coefficient (Wildman–Crippen LogP) is 2.95. The summed E-state index contributed by atoms with van der Waals surface area (Å²) in [6.07, 6.45) is 5.49. The van der Waals surface area contributed by atoms with Gasteiger partial charge in [0.05, 0.1) is 6.33 Å². The second-order valence-electron chi connectivity index (χ2n) is 6.64. The van der Waals surface area contributed by atoms with Gasteiger partial charge in [0.15, 0.2) is 0 Å². The summed E-state index contributed by atoms with van der Waals surface area (Å²) in [4.78, 5) is 21.3. The van der Waals surface area contributed by atoms with Crippen LogP contribution in [0.3, 0.4) is 0 Å². The predicted molar refractivity (Wildman–Crippen MR) is 103 cm³/mol. The minimum Gasteiger partial charge on any atom is -0.336 e. The molecular weight excluding hydrogens is 344 g/mol. The van der Waals surface area contributed by atoms with E-state index in [1.54, 1.807) is 23.9 Å². The molecule has 1 aliphatic rings. The van der Waals surface area contributed by atoms with Gasteiger partial charge in [-0.2, -0.15) is 11.3 Å². The van der Waals surface area contributed by atoms with Crippen LogP contribution in [-0.2, 0) is 13.1 Å². The van der Waals surface area contributed by atoms with E-state index in [0.29, 0.717) is 0 Å². The zero-order valence-electron chi connectivity index (χ0n) is 14.6. The van der Waals surface area contributed by atoms with Crippen molar-refractivity contribution in [2.75, 3.05) is 26.2 Å². The van der Waals surface area contributed by atoms with Gasteiger partial charge in [0, 0.05) is 57.2 Å². The van der Waals surface area contributed by atoms with E-state index in [-0.39, 0.29) is 5.91 Å². The largest absolute Gasteiger partial charge is 0.336 e. The Hall–Kier alpha value is -2.44. The van der Waals surface area contributed by atoms with Crippen molar-refractivity contribution in [3.05, 3.63) is 76.5 Å². The highest BCUT2D eigenvalue weighted by Crippen LogP contribution is 2.15. The first-order valence-electron chi connectivity index (χ1n) is 8.85. The van der Waals surface area contributed by atoms with E-state index in [9.17, 15) is 4.79 Å². The fourth-order valence-electron chi connectivity index (χ4n) is 3.33. The lowest BCUT2D eigenvalue weighted by atomic mass is 10.1. The van der Waals surface area contributed by atoms with Crippen LogP contribution < -0.4 is 0 Å². The first kappa shape index (κ1) is 17.0. The maximum Gasteiger partial charge on any atom is 0.253 e. The molecule has 1 aromatic carbocycles. The Kier molecular flexibility index (Phi) is 5.13. The van der Waals surface area contributed by atoms with Crippen LogP contribution in [0, 0.1) is 0 Å². The Morgan fingerprint density at radius 1 is 1.08 bits per heavy atom. The highest BCUT2D eigenvalue weighted by Gasteiger charge is 2.22.